The molecule has 33 heavy (non-hydrogen) atoms. The zero-order valence-electron chi connectivity index (χ0n) is 19.1. The van der Waals surface area contributed by atoms with Crippen LogP contribution in [0.15, 0.2) is 24.3 Å². The molecular formula is C23H33N5O5. The molecule has 1 aromatic carbocycles. The van der Waals surface area contributed by atoms with Gasteiger partial charge in [-0.15, -0.1) is 0 Å². The van der Waals surface area contributed by atoms with E-state index in [-0.39, 0.29) is 30.2 Å². The van der Waals surface area contributed by atoms with Gasteiger partial charge in [-0.1, -0.05) is 12.1 Å². The Morgan fingerprint density at radius 2 is 1.94 bits per heavy atom. The lowest BCUT2D eigenvalue weighted by molar-refractivity contribution is -0.384. The fourth-order valence-corrected chi connectivity index (χ4v) is 4.94. The van der Waals surface area contributed by atoms with Gasteiger partial charge < -0.3 is 19.9 Å². The van der Waals surface area contributed by atoms with Crippen molar-refractivity contribution in [1.82, 2.24) is 20.0 Å². The summed E-state index contributed by atoms with van der Waals surface area (Å²) in [6, 6.07) is 6.65. The lowest BCUT2D eigenvalue weighted by Gasteiger charge is -2.29. The number of nitrogens with zero attached hydrogens (tertiary/aromatic N) is 4. The standard InChI is InChI=1S/C23H33N5O5/c1-33-16-22(29)27-15-20(13-21(27)23(30)25-11-2-9-24-10-12-25)26(18-7-8-18)14-17-3-5-19(6-4-17)28(31)32/h3-6,18,20-21,24H,2,7-16H2,1H3. The van der Waals surface area contributed by atoms with Crippen LogP contribution < -0.4 is 5.32 Å². The van der Waals surface area contributed by atoms with Gasteiger partial charge in [0.1, 0.15) is 12.6 Å². The third-order valence-corrected chi connectivity index (χ3v) is 6.80. The van der Waals surface area contributed by atoms with Crippen LogP contribution in [-0.2, 0) is 20.9 Å². The first-order chi connectivity index (χ1) is 16.0. The van der Waals surface area contributed by atoms with Crippen molar-refractivity contribution in [3.63, 3.8) is 0 Å². The van der Waals surface area contributed by atoms with Crippen LogP contribution in [0.4, 0.5) is 5.69 Å². The summed E-state index contributed by atoms with van der Waals surface area (Å²) < 4.78 is 5.10. The minimum atomic E-state index is -0.478. The van der Waals surface area contributed by atoms with Crippen LogP contribution in [-0.4, -0.2) is 96.0 Å². The minimum absolute atomic E-state index is 0.0248. The highest BCUT2D eigenvalue weighted by Crippen LogP contribution is 2.35. The number of carbonyl (C=O) groups is 2. The zero-order valence-corrected chi connectivity index (χ0v) is 19.1. The fourth-order valence-electron chi connectivity index (χ4n) is 4.94. The van der Waals surface area contributed by atoms with Gasteiger partial charge in [-0.05, 0) is 37.8 Å². The third-order valence-electron chi connectivity index (χ3n) is 6.80. The maximum absolute atomic E-state index is 13.5. The van der Waals surface area contributed by atoms with Crippen molar-refractivity contribution >= 4 is 17.5 Å². The van der Waals surface area contributed by atoms with E-state index in [4.69, 9.17) is 4.74 Å². The summed E-state index contributed by atoms with van der Waals surface area (Å²) in [4.78, 5) is 42.9. The summed E-state index contributed by atoms with van der Waals surface area (Å²) >= 11 is 0. The molecule has 10 nitrogen and oxygen atoms in total. The van der Waals surface area contributed by atoms with Gasteiger partial charge in [0.05, 0.1) is 4.92 Å². The Morgan fingerprint density at radius 1 is 1.18 bits per heavy atom. The SMILES string of the molecule is COCC(=O)N1CC(N(Cc2ccc([N+](=O)[O-])cc2)C2CC2)CC1C(=O)N1CCCNCC1. The molecule has 4 rings (SSSR count). The fraction of sp³-hybridized carbons (Fsp3) is 0.652. The number of amides is 2. The number of likely N-dealkylation sites (tertiary alicyclic amines) is 1. The van der Waals surface area contributed by atoms with Crippen molar-refractivity contribution in [1.29, 1.82) is 0 Å². The molecule has 2 amide bonds. The van der Waals surface area contributed by atoms with Crippen molar-refractivity contribution in [2.45, 2.75) is 50.4 Å². The van der Waals surface area contributed by atoms with Gasteiger partial charge in [0.15, 0.2) is 0 Å². The highest BCUT2D eigenvalue weighted by molar-refractivity contribution is 5.89. The summed E-state index contributed by atoms with van der Waals surface area (Å²) in [5.41, 5.74) is 1.07. The maximum atomic E-state index is 13.5. The average Bonchev–Trinajstić information content (AvgIpc) is 3.60. The number of rotatable bonds is 8. The first-order valence-electron chi connectivity index (χ1n) is 11.7. The lowest BCUT2D eigenvalue weighted by Crippen LogP contribution is -2.49. The van der Waals surface area contributed by atoms with Gasteiger partial charge in [-0.3, -0.25) is 24.6 Å². The van der Waals surface area contributed by atoms with Gasteiger partial charge in [0, 0.05) is 64.0 Å². The maximum Gasteiger partial charge on any atom is 0.269 e. The van der Waals surface area contributed by atoms with Crippen LogP contribution in [0.1, 0.15) is 31.2 Å². The molecule has 2 atom stereocenters. The van der Waals surface area contributed by atoms with Crippen molar-refractivity contribution in [3.05, 3.63) is 39.9 Å². The molecule has 2 heterocycles. The molecule has 1 aromatic rings. The molecule has 10 heteroatoms. The minimum Gasteiger partial charge on any atom is -0.375 e. The monoisotopic (exact) mass is 459 g/mol. The number of nitrogens with one attached hydrogen (secondary N) is 1. The van der Waals surface area contributed by atoms with E-state index in [2.05, 4.69) is 10.2 Å². The van der Waals surface area contributed by atoms with Gasteiger partial charge in [0.2, 0.25) is 11.8 Å². The number of ether oxygens (including phenoxy) is 1. The molecule has 0 radical (unpaired) electrons. The molecule has 0 aromatic heterocycles. The van der Waals surface area contributed by atoms with Crippen LogP contribution in [0.3, 0.4) is 0 Å². The molecule has 3 aliphatic rings. The van der Waals surface area contributed by atoms with E-state index in [9.17, 15) is 19.7 Å². The van der Waals surface area contributed by atoms with E-state index in [0.717, 1.165) is 37.9 Å². The Labute approximate surface area is 194 Å². The van der Waals surface area contributed by atoms with Crippen LogP contribution in [0.25, 0.3) is 0 Å². The molecule has 2 unspecified atom stereocenters. The van der Waals surface area contributed by atoms with Crippen molar-refractivity contribution in [3.8, 4) is 0 Å². The van der Waals surface area contributed by atoms with E-state index < -0.39 is 11.0 Å². The summed E-state index contributed by atoms with van der Waals surface area (Å²) in [6.07, 6.45) is 3.68. The molecular weight excluding hydrogens is 426 g/mol. The second-order valence-corrected chi connectivity index (χ2v) is 9.14. The Morgan fingerprint density at radius 3 is 2.61 bits per heavy atom. The van der Waals surface area contributed by atoms with E-state index in [1.807, 2.05) is 4.90 Å². The van der Waals surface area contributed by atoms with Crippen LogP contribution in [0.5, 0.6) is 0 Å². The third kappa shape index (κ3) is 5.69. The van der Waals surface area contributed by atoms with Crippen molar-refractivity contribution < 1.29 is 19.2 Å². The highest BCUT2D eigenvalue weighted by atomic mass is 16.6. The number of hydrogen-bond acceptors (Lipinski definition) is 7. The second-order valence-electron chi connectivity index (χ2n) is 9.14. The molecule has 2 aliphatic heterocycles. The zero-order chi connectivity index (χ0) is 23.4. The Bertz CT molecular complexity index is 851. The van der Waals surface area contributed by atoms with Crippen LogP contribution in [0.2, 0.25) is 0 Å². The van der Waals surface area contributed by atoms with Gasteiger partial charge in [-0.2, -0.15) is 0 Å². The molecule has 180 valence electrons. The Balaban J connectivity index is 1.51. The number of hydrogen-bond donors (Lipinski definition) is 1. The molecule has 1 N–H and O–H groups in total. The molecule has 1 aliphatic carbocycles. The largest absolute Gasteiger partial charge is 0.375 e. The van der Waals surface area contributed by atoms with E-state index in [1.165, 1.54) is 19.2 Å². The lowest BCUT2D eigenvalue weighted by atomic mass is 10.1. The average molecular weight is 460 g/mol. The van der Waals surface area contributed by atoms with Crippen LogP contribution in [0, 0.1) is 10.1 Å². The quantitative estimate of drug-likeness (QED) is 0.456. The summed E-state index contributed by atoms with van der Waals surface area (Å²) in [7, 11) is 1.49. The highest BCUT2D eigenvalue weighted by Gasteiger charge is 2.46. The van der Waals surface area contributed by atoms with E-state index in [0.29, 0.717) is 38.6 Å². The first-order valence-corrected chi connectivity index (χ1v) is 11.7. The summed E-state index contributed by atoms with van der Waals surface area (Å²) in [6.45, 7) is 4.12. The number of carbonyl (C=O) groups excluding carboxylic acids is 2. The number of non-ortho nitro benzene ring substituents is 1. The van der Waals surface area contributed by atoms with Gasteiger partial charge in [-0.25, -0.2) is 0 Å². The smallest absolute Gasteiger partial charge is 0.269 e. The Kier molecular flexibility index (Phi) is 7.56. The predicted octanol–water partition coefficient (Wildman–Crippen LogP) is 0.997. The molecule has 0 spiro atoms. The van der Waals surface area contributed by atoms with Gasteiger partial charge in [0.25, 0.3) is 5.69 Å². The molecule has 2 saturated heterocycles. The number of nitro benzene ring substituents is 1. The van der Waals surface area contributed by atoms with Gasteiger partial charge >= 0.3 is 0 Å². The molecule has 1 saturated carbocycles. The predicted molar refractivity (Wildman–Crippen MR) is 122 cm³/mol. The summed E-state index contributed by atoms with van der Waals surface area (Å²) in [5, 5.41) is 14.3. The Hall–Kier alpha value is -2.56. The van der Waals surface area contributed by atoms with E-state index >= 15 is 0 Å². The number of methoxy groups -OCH3 is 1. The van der Waals surface area contributed by atoms with Crippen molar-refractivity contribution in [2.75, 3.05) is 46.4 Å². The topological polar surface area (TPSA) is 108 Å². The second kappa shape index (κ2) is 10.6. The van der Waals surface area contributed by atoms with Crippen molar-refractivity contribution in [2.24, 2.45) is 0 Å². The first kappa shape index (κ1) is 23.6. The molecule has 3 fully saturated rings. The van der Waals surface area contributed by atoms with Crippen LogP contribution >= 0.6 is 0 Å². The number of nitro groups is 1. The molecule has 0 bridgehead atoms. The summed E-state index contributed by atoms with van der Waals surface area (Å²) in [5.74, 6) is -0.130. The number of benzene rings is 1. The van der Waals surface area contributed by atoms with E-state index in [1.54, 1.807) is 17.0 Å². The normalized spacial score (nSPS) is 23.6.